The van der Waals surface area contributed by atoms with Crippen LogP contribution in [-0.2, 0) is 11.3 Å². The number of methoxy groups -OCH3 is 1. The van der Waals surface area contributed by atoms with Crippen molar-refractivity contribution in [3.8, 4) is 5.75 Å². The number of pyridine rings is 1. The summed E-state index contributed by atoms with van der Waals surface area (Å²) in [6.07, 6.45) is 0.596. The average molecular weight is 266 g/mol. The zero-order valence-corrected chi connectivity index (χ0v) is 11.9. The predicted molar refractivity (Wildman–Crippen MR) is 73.2 cm³/mol. The first-order valence-corrected chi connectivity index (χ1v) is 6.40. The number of nitrogens with one attached hydrogen (secondary N) is 1. The standard InChI is InChI=1S/C14H22N2O3/c1-9(2)5-13(14(17)18)15-8-11-7-12(19-4)6-10(3)16-11/h6-7,9,13,15H,5,8H2,1-4H3,(H,17,18). The molecule has 0 aliphatic rings. The second kappa shape index (κ2) is 7.09. The lowest BCUT2D eigenvalue weighted by atomic mass is 10.0. The van der Waals surface area contributed by atoms with Crippen LogP contribution in [0.5, 0.6) is 5.75 Å². The molecule has 5 heteroatoms. The fourth-order valence-corrected chi connectivity index (χ4v) is 1.88. The molecule has 0 aromatic carbocycles. The minimum Gasteiger partial charge on any atom is -0.497 e. The molecule has 1 aromatic rings. The van der Waals surface area contributed by atoms with E-state index in [9.17, 15) is 4.79 Å². The maximum Gasteiger partial charge on any atom is 0.320 e. The average Bonchev–Trinajstić information content (AvgIpc) is 2.33. The highest BCUT2D eigenvalue weighted by molar-refractivity contribution is 5.73. The van der Waals surface area contributed by atoms with E-state index in [1.807, 2.05) is 32.9 Å². The molecule has 0 bridgehead atoms. The molecule has 2 N–H and O–H groups in total. The van der Waals surface area contributed by atoms with Crippen LogP contribution < -0.4 is 10.1 Å². The molecular formula is C14H22N2O3. The first kappa shape index (κ1) is 15.4. The van der Waals surface area contributed by atoms with Gasteiger partial charge in [0.25, 0.3) is 0 Å². The minimum absolute atomic E-state index is 0.327. The van der Waals surface area contributed by atoms with E-state index in [0.717, 1.165) is 17.1 Å². The summed E-state index contributed by atoms with van der Waals surface area (Å²) >= 11 is 0. The van der Waals surface area contributed by atoms with Crippen molar-refractivity contribution in [2.75, 3.05) is 7.11 Å². The lowest BCUT2D eigenvalue weighted by Gasteiger charge is -2.16. The summed E-state index contributed by atoms with van der Waals surface area (Å²) in [4.78, 5) is 15.5. The lowest BCUT2D eigenvalue weighted by Crippen LogP contribution is -2.37. The van der Waals surface area contributed by atoms with Crippen molar-refractivity contribution < 1.29 is 14.6 Å². The second-order valence-corrected chi connectivity index (χ2v) is 5.04. The molecule has 0 amide bonds. The largest absolute Gasteiger partial charge is 0.497 e. The minimum atomic E-state index is -0.826. The topological polar surface area (TPSA) is 71.5 Å². The lowest BCUT2D eigenvalue weighted by molar-refractivity contribution is -0.140. The Labute approximate surface area is 114 Å². The number of rotatable bonds is 7. The molecular weight excluding hydrogens is 244 g/mol. The fourth-order valence-electron chi connectivity index (χ4n) is 1.88. The van der Waals surface area contributed by atoms with Crippen LogP contribution in [0.2, 0.25) is 0 Å². The third-order valence-electron chi connectivity index (χ3n) is 2.75. The van der Waals surface area contributed by atoms with Crippen molar-refractivity contribution in [3.63, 3.8) is 0 Å². The maximum atomic E-state index is 11.1. The Morgan fingerprint density at radius 3 is 2.68 bits per heavy atom. The summed E-state index contributed by atoms with van der Waals surface area (Å²) in [5.74, 6) is 0.238. The van der Waals surface area contributed by atoms with Crippen molar-refractivity contribution in [3.05, 3.63) is 23.5 Å². The van der Waals surface area contributed by atoms with Crippen LogP contribution >= 0.6 is 0 Å². The van der Waals surface area contributed by atoms with Crippen LogP contribution in [0, 0.1) is 12.8 Å². The van der Waals surface area contributed by atoms with Gasteiger partial charge in [0.05, 0.1) is 12.8 Å². The van der Waals surface area contributed by atoms with E-state index < -0.39 is 12.0 Å². The SMILES string of the molecule is COc1cc(C)nc(CNC(CC(C)C)C(=O)O)c1. The van der Waals surface area contributed by atoms with Gasteiger partial charge in [-0.1, -0.05) is 13.8 Å². The fraction of sp³-hybridized carbons (Fsp3) is 0.571. The summed E-state index contributed by atoms with van der Waals surface area (Å²) in [6.45, 7) is 6.31. The van der Waals surface area contributed by atoms with E-state index in [-0.39, 0.29) is 0 Å². The number of carboxylic acid groups (broad SMARTS) is 1. The Morgan fingerprint density at radius 2 is 2.16 bits per heavy atom. The molecule has 0 saturated heterocycles. The van der Waals surface area contributed by atoms with Crippen molar-refractivity contribution in [2.45, 2.75) is 39.8 Å². The van der Waals surface area contributed by atoms with E-state index in [2.05, 4.69) is 10.3 Å². The van der Waals surface area contributed by atoms with Crippen LogP contribution in [0.15, 0.2) is 12.1 Å². The molecule has 1 rings (SSSR count). The summed E-state index contributed by atoms with van der Waals surface area (Å²) in [5, 5.41) is 12.2. The van der Waals surface area contributed by atoms with Crippen molar-refractivity contribution in [1.82, 2.24) is 10.3 Å². The third kappa shape index (κ3) is 5.26. The Balaban J connectivity index is 2.68. The van der Waals surface area contributed by atoms with Crippen LogP contribution in [0.1, 0.15) is 31.7 Å². The van der Waals surface area contributed by atoms with Crippen molar-refractivity contribution >= 4 is 5.97 Å². The Kier molecular flexibility index (Phi) is 5.76. The monoisotopic (exact) mass is 266 g/mol. The van der Waals surface area contributed by atoms with Crippen molar-refractivity contribution in [2.24, 2.45) is 5.92 Å². The van der Waals surface area contributed by atoms with Gasteiger partial charge in [-0.2, -0.15) is 0 Å². The van der Waals surface area contributed by atoms with Crippen LogP contribution in [0.25, 0.3) is 0 Å². The molecule has 0 spiro atoms. The van der Waals surface area contributed by atoms with E-state index in [0.29, 0.717) is 18.9 Å². The van der Waals surface area contributed by atoms with E-state index in [1.165, 1.54) is 0 Å². The quantitative estimate of drug-likeness (QED) is 0.789. The Bertz CT molecular complexity index is 433. The summed E-state index contributed by atoms with van der Waals surface area (Å²) in [7, 11) is 1.60. The van der Waals surface area contributed by atoms with E-state index in [1.54, 1.807) is 7.11 Å². The number of hydrogen-bond donors (Lipinski definition) is 2. The van der Waals surface area contributed by atoms with Gasteiger partial charge in [-0.05, 0) is 19.3 Å². The highest BCUT2D eigenvalue weighted by atomic mass is 16.5. The zero-order chi connectivity index (χ0) is 14.4. The number of carbonyl (C=O) groups is 1. The van der Waals surface area contributed by atoms with Gasteiger partial charge in [0.15, 0.2) is 0 Å². The number of aryl methyl sites for hydroxylation is 1. The predicted octanol–water partition coefficient (Wildman–Crippen LogP) is 1.99. The molecule has 0 aliphatic carbocycles. The molecule has 1 unspecified atom stereocenters. The maximum absolute atomic E-state index is 11.1. The summed E-state index contributed by atoms with van der Waals surface area (Å²) in [6, 6.07) is 3.11. The van der Waals surface area contributed by atoms with Gasteiger partial charge in [0, 0.05) is 24.4 Å². The summed E-state index contributed by atoms with van der Waals surface area (Å²) in [5.41, 5.74) is 1.64. The highest BCUT2D eigenvalue weighted by Crippen LogP contribution is 2.13. The molecule has 1 heterocycles. The molecule has 0 fully saturated rings. The van der Waals surface area contributed by atoms with Gasteiger partial charge in [-0.25, -0.2) is 0 Å². The first-order valence-electron chi connectivity index (χ1n) is 6.40. The van der Waals surface area contributed by atoms with Gasteiger partial charge in [-0.15, -0.1) is 0 Å². The molecule has 0 aliphatic heterocycles. The van der Waals surface area contributed by atoms with Crippen LogP contribution in [-0.4, -0.2) is 29.2 Å². The van der Waals surface area contributed by atoms with Gasteiger partial charge in [-0.3, -0.25) is 15.1 Å². The zero-order valence-electron chi connectivity index (χ0n) is 11.9. The molecule has 1 atom stereocenters. The van der Waals surface area contributed by atoms with Crippen LogP contribution in [0.3, 0.4) is 0 Å². The van der Waals surface area contributed by atoms with E-state index >= 15 is 0 Å². The molecule has 1 aromatic heterocycles. The Hall–Kier alpha value is -1.62. The van der Waals surface area contributed by atoms with Crippen molar-refractivity contribution in [1.29, 1.82) is 0 Å². The normalized spacial score (nSPS) is 12.5. The van der Waals surface area contributed by atoms with E-state index in [4.69, 9.17) is 9.84 Å². The number of carboxylic acids is 1. The molecule has 5 nitrogen and oxygen atoms in total. The summed E-state index contributed by atoms with van der Waals surface area (Å²) < 4.78 is 5.17. The third-order valence-corrected chi connectivity index (χ3v) is 2.75. The highest BCUT2D eigenvalue weighted by Gasteiger charge is 2.18. The first-order chi connectivity index (χ1) is 8.92. The van der Waals surface area contributed by atoms with Gasteiger partial charge >= 0.3 is 5.97 Å². The second-order valence-electron chi connectivity index (χ2n) is 5.04. The molecule has 0 radical (unpaired) electrons. The number of aliphatic carboxylic acids is 1. The molecule has 106 valence electrons. The number of ether oxygens (including phenoxy) is 1. The smallest absolute Gasteiger partial charge is 0.320 e. The Morgan fingerprint density at radius 1 is 1.47 bits per heavy atom. The van der Waals surface area contributed by atoms with Gasteiger partial charge in [0.1, 0.15) is 11.8 Å². The van der Waals surface area contributed by atoms with Gasteiger partial charge in [0.2, 0.25) is 0 Å². The molecule has 0 saturated carbocycles. The van der Waals surface area contributed by atoms with Crippen LogP contribution in [0.4, 0.5) is 0 Å². The molecule has 19 heavy (non-hydrogen) atoms. The number of hydrogen-bond acceptors (Lipinski definition) is 4. The van der Waals surface area contributed by atoms with Gasteiger partial charge < -0.3 is 9.84 Å². The number of nitrogens with zero attached hydrogens (tertiary/aromatic N) is 1. The number of aromatic nitrogens is 1.